The molecule has 6 aromatic carbocycles. The molecule has 0 unspecified atom stereocenters. The number of alkyl halides is 1. The molecule has 0 radical (unpaired) electrons. The number of ether oxygens (including phenoxy) is 5. The Morgan fingerprint density at radius 3 is 1.58 bits per heavy atom. The number of nitrogen functional groups attached to an aromatic ring is 1. The van der Waals surface area contributed by atoms with E-state index >= 15 is 0 Å². The monoisotopic (exact) mass is 1130 g/mol. The highest BCUT2D eigenvalue weighted by Gasteiger charge is 2.39. The van der Waals surface area contributed by atoms with Crippen molar-refractivity contribution >= 4 is 86.6 Å². The van der Waals surface area contributed by atoms with Crippen LogP contribution in [-0.4, -0.2) is 96.2 Å². The molecule has 1 aromatic heterocycles. The average Bonchev–Trinajstić information content (AvgIpc) is 2.47. The molecule has 3 N–H and O–H groups in total. The van der Waals surface area contributed by atoms with E-state index in [0.29, 0.717) is 96.1 Å². The van der Waals surface area contributed by atoms with E-state index in [-0.39, 0.29) is 17.4 Å². The summed E-state index contributed by atoms with van der Waals surface area (Å²) in [6.07, 6.45) is 0. The standard InChI is InChI=1S/C31H30N2O6.C22H21NO5.C11H15NO2.CH3F/c1-18-16-24-25(17-23(18)30(37)38-6)33(19(2)34)28(35)26(24)27(20-10-8-7-9-11-20)32-22-14-12-21(13-15-22)29(36)39-31(3,4)5;1-5-28-20(15-9-7-6-8-10-15)19-17-11-13(2)16(22(26)27-4)12-18(17)23(14(3)24)21(19)25;1-11(2,3)14-10(13)8-4-6-9(12)7-5-8;1-2/h7-17,35H,1-6H3;6-12H,5H2,1-4H3;4-7H,12H2,1-3H3;1H3/b;20-19+;;/i;;;1D. The van der Waals surface area contributed by atoms with Gasteiger partial charge >= 0.3 is 23.9 Å². The van der Waals surface area contributed by atoms with E-state index < -0.39 is 54.0 Å². The van der Waals surface area contributed by atoms with Gasteiger partial charge in [0.2, 0.25) is 17.7 Å². The minimum absolute atomic E-state index is 0.285. The van der Waals surface area contributed by atoms with Crippen molar-refractivity contribution in [1.29, 1.82) is 0 Å². The van der Waals surface area contributed by atoms with E-state index in [2.05, 4.69) is 0 Å². The molecular formula is C65H69FN4O13. The van der Waals surface area contributed by atoms with Crippen LogP contribution in [0, 0.1) is 13.8 Å². The number of fused-ring (bicyclic) bond motifs is 2. The van der Waals surface area contributed by atoms with Crippen LogP contribution in [0.4, 0.5) is 21.5 Å². The zero-order chi connectivity index (χ0) is 62.4. The summed E-state index contributed by atoms with van der Waals surface area (Å²) in [6.45, 7) is 19.3. The minimum Gasteiger partial charge on any atom is -0.494 e. The normalized spacial score (nSPS) is 12.6. The van der Waals surface area contributed by atoms with Gasteiger partial charge in [-0.05, 0) is 146 Å². The van der Waals surface area contributed by atoms with Gasteiger partial charge in [-0.15, -0.1) is 0 Å². The predicted octanol–water partition coefficient (Wildman–Crippen LogP) is 12.6. The largest absolute Gasteiger partial charge is 0.494 e. The van der Waals surface area contributed by atoms with Crippen molar-refractivity contribution in [1.82, 2.24) is 4.57 Å². The number of aliphatic imine (C=N–C) groups is 1. The Kier molecular flexibility index (Phi) is 20.8. The van der Waals surface area contributed by atoms with Gasteiger partial charge in [0.15, 0.2) is 0 Å². The number of hydrogen-bond donors (Lipinski definition) is 2. The maximum Gasteiger partial charge on any atom is 0.338 e. The molecule has 0 aliphatic carbocycles. The SMILES string of the molecule is CC(C)(C)OC(=O)c1ccc(N)cc1.CCO/C(=C1/C(=O)N(C(C)=O)c2cc(C(=O)OC)c(C)cc21)c1ccccc1.COC(=O)c1cc2c(cc1C)c(C(=Nc1ccc(C(=O)OC(C)(C)C)cc1)c1ccccc1)c(O)n2C(C)=O.[2H]CF. The van der Waals surface area contributed by atoms with E-state index in [0.717, 1.165) is 15.0 Å². The maximum atomic E-state index is 13.2. The molecule has 8 rings (SSSR count). The summed E-state index contributed by atoms with van der Waals surface area (Å²) in [5, 5.41) is 11.9. The van der Waals surface area contributed by atoms with Gasteiger partial charge in [-0.3, -0.25) is 23.3 Å². The van der Waals surface area contributed by atoms with Gasteiger partial charge in [0.05, 0.1) is 85.3 Å². The van der Waals surface area contributed by atoms with Gasteiger partial charge in [0, 0.05) is 41.6 Å². The van der Waals surface area contributed by atoms with Gasteiger partial charge in [-0.2, -0.15) is 0 Å². The Morgan fingerprint density at radius 1 is 0.651 bits per heavy atom. The molecule has 0 fully saturated rings. The number of aromatic nitrogens is 1. The highest BCUT2D eigenvalue weighted by atomic mass is 19.1. The summed E-state index contributed by atoms with van der Waals surface area (Å²) in [7, 11) is 1.57. The van der Waals surface area contributed by atoms with Crippen LogP contribution in [0.3, 0.4) is 0 Å². The molecule has 1 aliphatic rings. The molecule has 434 valence electrons. The maximum absolute atomic E-state index is 13.2. The molecule has 2 amide bonds. The van der Waals surface area contributed by atoms with E-state index in [1.54, 1.807) is 101 Å². The van der Waals surface area contributed by atoms with Crippen molar-refractivity contribution in [3.63, 3.8) is 0 Å². The highest BCUT2D eigenvalue weighted by Crippen LogP contribution is 2.43. The summed E-state index contributed by atoms with van der Waals surface area (Å²) in [5.74, 6) is -3.08. The van der Waals surface area contributed by atoms with Crippen LogP contribution in [0.5, 0.6) is 5.88 Å². The number of anilines is 2. The zero-order valence-corrected chi connectivity index (χ0v) is 48.8. The lowest BCUT2D eigenvalue weighted by Crippen LogP contribution is -2.31. The fourth-order valence-electron chi connectivity index (χ4n) is 8.58. The van der Waals surface area contributed by atoms with Crippen LogP contribution in [0.15, 0.2) is 138 Å². The first-order valence-electron chi connectivity index (χ1n) is 26.7. The fraction of sp³-hybridized carbons (Fsp3) is 0.262. The third kappa shape index (κ3) is 15.6. The zero-order valence-electron chi connectivity index (χ0n) is 49.8. The van der Waals surface area contributed by atoms with E-state index in [1.807, 2.05) is 88.4 Å². The third-order valence-corrected chi connectivity index (χ3v) is 12.1. The van der Waals surface area contributed by atoms with Crippen LogP contribution < -0.4 is 10.6 Å². The van der Waals surface area contributed by atoms with Crippen molar-refractivity contribution in [3.05, 3.63) is 189 Å². The minimum atomic E-state index is -1.00. The second-order valence-electron chi connectivity index (χ2n) is 20.6. The van der Waals surface area contributed by atoms with Crippen LogP contribution in [0.25, 0.3) is 22.2 Å². The van der Waals surface area contributed by atoms with Crippen LogP contribution >= 0.6 is 0 Å². The average molecular weight is 1130 g/mol. The van der Waals surface area contributed by atoms with Crippen molar-refractivity contribution in [2.24, 2.45) is 4.99 Å². The number of esters is 4. The molecule has 0 saturated heterocycles. The Morgan fingerprint density at radius 2 is 1.12 bits per heavy atom. The highest BCUT2D eigenvalue weighted by molar-refractivity contribution is 6.43. The first-order chi connectivity index (χ1) is 39.6. The fourth-order valence-corrected chi connectivity index (χ4v) is 8.58. The molecule has 0 spiro atoms. The van der Waals surface area contributed by atoms with Crippen LogP contribution in [0.2, 0.25) is 0 Å². The number of amides is 2. The lowest BCUT2D eigenvalue weighted by atomic mass is 9.97. The van der Waals surface area contributed by atoms with Gasteiger partial charge in [-0.25, -0.2) is 29.1 Å². The van der Waals surface area contributed by atoms with Gasteiger partial charge < -0.3 is 34.5 Å². The summed E-state index contributed by atoms with van der Waals surface area (Å²) < 4.78 is 42.8. The van der Waals surface area contributed by atoms with E-state index in [1.165, 1.54) is 34.1 Å². The van der Waals surface area contributed by atoms with Crippen LogP contribution in [-0.2, 0) is 33.3 Å². The molecular weight excluding hydrogens is 1060 g/mol. The number of benzene rings is 6. The number of carbonyl (C=O) groups excluding carboxylic acids is 7. The van der Waals surface area contributed by atoms with Crippen molar-refractivity contribution < 1.29 is 68.1 Å². The molecule has 83 heavy (non-hydrogen) atoms. The molecule has 0 atom stereocenters. The number of nitrogens with two attached hydrogens (primary N) is 1. The quantitative estimate of drug-likeness (QED) is 0.0324. The number of aromatic hydroxyl groups is 1. The Bertz CT molecular complexity index is 3640. The number of aryl methyl sites for hydroxylation is 2. The lowest BCUT2D eigenvalue weighted by molar-refractivity contribution is -0.122. The predicted molar refractivity (Wildman–Crippen MR) is 318 cm³/mol. The van der Waals surface area contributed by atoms with Gasteiger partial charge in [-0.1, -0.05) is 60.7 Å². The number of carbonyl (C=O) groups is 7. The lowest BCUT2D eigenvalue weighted by Gasteiger charge is -2.19. The molecule has 2 heterocycles. The molecule has 0 bridgehead atoms. The number of hydrogen-bond acceptors (Lipinski definition) is 15. The van der Waals surface area contributed by atoms with Crippen molar-refractivity contribution in [2.45, 2.75) is 87.4 Å². The van der Waals surface area contributed by atoms with Crippen molar-refractivity contribution in [2.75, 3.05) is 38.6 Å². The second-order valence-corrected chi connectivity index (χ2v) is 20.6. The number of rotatable bonds is 10. The third-order valence-electron chi connectivity index (χ3n) is 12.1. The molecule has 0 saturated carbocycles. The number of halogens is 1. The molecule has 7 aromatic rings. The number of methoxy groups -OCH3 is 2. The second kappa shape index (κ2) is 27.6. The first kappa shape index (κ1) is 62.5. The topological polar surface area (TPSA) is 232 Å². The van der Waals surface area contributed by atoms with Gasteiger partial charge in [0.25, 0.3) is 5.91 Å². The van der Waals surface area contributed by atoms with E-state index in [4.69, 9.17) is 35.8 Å². The number of imide groups is 1. The number of nitrogens with zero attached hydrogens (tertiary/aromatic N) is 3. The summed E-state index contributed by atoms with van der Waals surface area (Å²) in [5.41, 5.74) is 12.1. The summed E-state index contributed by atoms with van der Waals surface area (Å²) in [4.78, 5) is 92.4. The Labute approximate surface area is 483 Å². The van der Waals surface area contributed by atoms with E-state index in [9.17, 15) is 43.1 Å². The molecule has 18 heteroatoms. The Balaban J connectivity index is 0.000000248. The molecule has 1 aliphatic heterocycles. The summed E-state index contributed by atoms with van der Waals surface area (Å²) >= 11 is 0. The first-order valence-corrected chi connectivity index (χ1v) is 26.0. The summed E-state index contributed by atoms with van der Waals surface area (Å²) in [6, 6.07) is 38.3. The smallest absolute Gasteiger partial charge is 0.338 e. The molecule has 17 nitrogen and oxygen atoms in total. The Hall–Kier alpha value is -9.71. The van der Waals surface area contributed by atoms with Crippen molar-refractivity contribution in [3.8, 4) is 5.88 Å². The van der Waals surface area contributed by atoms with Gasteiger partial charge in [0.1, 0.15) is 17.0 Å². The van der Waals surface area contributed by atoms with Crippen LogP contribution in [0.1, 0.15) is 143 Å².